The third kappa shape index (κ3) is 3.10. The highest BCUT2D eigenvalue weighted by Gasteiger charge is 2.15. The minimum absolute atomic E-state index is 0.0983. The van der Waals surface area contributed by atoms with Gasteiger partial charge in [-0.25, -0.2) is 4.39 Å². The smallest absolute Gasteiger partial charge is 0.203 e. The first-order valence-electron chi connectivity index (χ1n) is 6.05. The van der Waals surface area contributed by atoms with Crippen molar-refractivity contribution in [1.82, 2.24) is 0 Å². The van der Waals surface area contributed by atoms with Crippen molar-refractivity contribution in [2.24, 2.45) is 0 Å². The number of hydrogen-bond donors (Lipinski definition) is 1. The summed E-state index contributed by atoms with van der Waals surface area (Å²) in [5.74, 6) is 0.655. The number of phenols is 1. The van der Waals surface area contributed by atoms with E-state index in [9.17, 15) is 9.50 Å². The molecule has 2 aromatic rings. The SMILES string of the molecule is COc1cc(Oc2cc(O)ccc2F)cc(OC)c1OC. The monoisotopic (exact) mass is 294 g/mol. The molecule has 0 saturated carbocycles. The number of aromatic hydroxyl groups is 1. The van der Waals surface area contributed by atoms with E-state index in [1.54, 1.807) is 0 Å². The molecule has 0 atom stereocenters. The predicted molar refractivity (Wildman–Crippen MR) is 74.2 cm³/mol. The lowest BCUT2D eigenvalue weighted by Gasteiger charge is -2.14. The average Bonchev–Trinajstić information content (AvgIpc) is 2.49. The van der Waals surface area contributed by atoms with Gasteiger partial charge in [0.05, 0.1) is 21.3 Å². The van der Waals surface area contributed by atoms with Crippen LogP contribution in [-0.2, 0) is 0 Å². The van der Waals surface area contributed by atoms with Crippen molar-refractivity contribution in [3.05, 3.63) is 36.1 Å². The predicted octanol–water partition coefficient (Wildman–Crippen LogP) is 3.35. The fourth-order valence-corrected chi connectivity index (χ4v) is 1.81. The van der Waals surface area contributed by atoms with E-state index in [-0.39, 0.29) is 17.2 Å². The molecule has 0 spiro atoms. The number of rotatable bonds is 5. The molecule has 0 aliphatic heterocycles. The van der Waals surface area contributed by atoms with Crippen LogP contribution in [0, 0.1) is 5.82 Å². The largest absolute Gasteiger partial charge is 0.508 e. The second kappa shape index (κ2) is 6.21. The number of phenolic OH excluding ortho intramolecular Hbond substituents is 1. The molecule has 21 heavy (non-hydrogen) atoms. The molecule has 0 saturated heterocycles. The molecule has 0 aliphatic rings. The standard InChI is InChI=1S/C15H15FO5/c1-18-13-7-10(8-14(19-2)15(13)20-3)21-12-6-9(17)4-5-11(12)16/h4-8,17H,1-3H3. The number of halogens is 1. The summed E-state index contributed by atoms with van der Waals surface area (Å²) >= 11 is 0. The van der Waals surface area contributed by atoms with E-state index in [0.29, 0.717) is 17.2 Å². The number of benzene rings is 2. The Morgan fingerprint density at radius 3 is 2.00 bits per heavy atom. The van der Waals surface area contributed by atoms with Gasteiger partial charge >= 0.3 is 0 Å². The van der Waals surface area contributed by atoms with Crippen LogP contribution < -0.4 is 18.9 Å². The lowest BCUT2D eigenvalue weighted by molar-refractivity contribution is 0.320. The summed E-state index contributed by atoms with van der Waals surface area (Å²) in [5, 5.41) is 9.38. The first-order chi connectivity index (χ1) is 10.1. The summed E-state index contributed by atoms with van der Waals surface area (Å²) in [5.41, 5.74) is 0. The number of ether oxygens (including phenoxy) is 4. The molecule has 0 heterocycles. The summed E-state index contributed by atoms with van der Waals surface area (Å²) < 4.78 is 34.6. The Morgan fingerprint density at radius 2 is 1.48 bits per heavy atom. The molecule has 0 aliphatic carbocycles. The van der Waals surface area contributed by atoms with Crippen molar-refractivity contribution in [1.29, 1.82) is 0 Å². The van der Waals surface area contributed by atoms with Gasteiger partial charge in [-0.1, -0.05) is 0 Å². The molecule has 2 rings (SSSR count). The molecule has 5 nitrogen and oxygen atoms in total. The highest BCUT2D eigenvalue weighted by atomic mass is 19.1. The first-order valence-corrected chi connectivity index (χ1v) is 6.05. The van der Waals surface area contributed by atoms with E-state index in [0.717, 1.165) is 6.07 Å². The molecule has 0 fully saturated rings. The molecule has 1 N–H and O–H groups in total. The van der Waals surface area contributed by atoms with Gasteiger partial charge in [-0.3, -0.25) is 0 Å². The normalized spacial score (nSPS) is 10.1. The topological polar surface area (TPSA) is 57.2 Å². The molecule has 0 aromatic heterocycles. The average molecular weight is 294 g/mol. The van der Waals surface area contributed by atoms with Gasteiger partial charge in [0.1, 0.15) is 11.5 Å². The van der Waals surface area contributed by atoms with Crippen molar-refractivity contribution in [3.8, 4) is 34.5 Å². The zero-order valence-electron chi connectivity index (χ0n) is 11.8. The maximum Gasteiger partial charge on any atom is 0.203 e. The maximum atomic E-state index is 13.6. The molecule has 6 heteroatoms. The highest BCUT2D eigenvalue weighted by molar-refractivity contribution is 5.56. The molecule has 0 radical (unpaired) electrons. The van der Waals surface area contributed by atoms with E-state index < -0.39 is 5.82 Å². The van der Waals surface area contributed by atoms with Crippen molar-refractivity contribution < 1.29 is 28.4 Å². The maximum absolute atomic E-state index is 13.6. The van der Waals surface area contributed by atoms with E-state index in [2.05, 4.69) is 0 Å². The molecule has 2 aromatic carbocycles. The molecule has 0 unspecified atom stereocenters. The van der Waals surface area contributed by atoms with Gasteiger partial charge in [-0.2, -0.15) is 0 Å². The molecular weight excluding hydrogens is 279 g/mol. The van der Waals surface area contributed by atoms with Crippen LogP contribution in [0.15, 0.2) is 30.3 Å². The van der Waals surface area contributed by atoms with E-state index >= 15 is 0 Å². The Morgan fingerprint density at radius 1 is 0.857 bits per heavy atom. The van der Waals surface area contributed by atoms with Crippen LogP contribution in [0.5, 0.6) is 34.5 Å². The van der Waals surface area contributed by atoms with Gasteiger partial charge in [-0.05, 0) is 12.1 Å². The number of methoxy groups -OCH3 is 3. The van der Waals surface area contributed by atoms with Crippen LogP contribution in [0.2, 0.25) is 0 Å². The molecule has 0 bridgehead atoms. The van der Waals surface area contributed by atoms with Crippen molar-refractivity contribution >= 4 is 0 Å². The zero-order valence-corrected chi connectivity index (χ0v) is 11.8. The lowest BCUT2D eigenvalue weighted by Crippen LogP contribution is -1.96. The van der Waals surface area contributed by atoms with Crippen LogP contribution in [0.3, 0.4) is 0 Å². The minimum Gasteiger partial charge on any atom is -0.508 e. The molecule has 112 valence electrons. The van der Waals surface area contributed by atoms with Crippen molar-refractivity contribution in [3.63, 3.8) is 0 Å². The Bertz CT molecular complexity index is 617. The van der Waals surface area contributed by atoms with Gasteiger partial charge in [0, 0.05) is 18.2 Å². The highest BCUT2D eigenvalue weighted by Crippen LogP contribution is 2.42. The van der Waals surface area contributed by atoms with Gasteiger partial charge in [0.2, 0.25) is 5.75 Å². The fraction of sp³-hybridized carbons (Fsp3) is 0.200. The summed E-state index contributed by atoms with van der Waals surface area (Å²) in [7, 11) is 4.42. The summed E-state index contributed by atoms with van der Waals surface area (Å²) in [6.07, 6.45) is 0. The van der Waals surface area contributed by atoms with Gasteiger partial charge in [0.25, 0.3) is 0 Å². The lowest BCUT2D eigenvalue weighted by atomic mass is 10.2. The van der Waals surface area contributed by atoms with Crippen LogP contribution in [0.4, 0.5) is 4.39 Å². The Hall–Kier alpha value is -2.63. The second-order valence-corrected chi connectivity index (χ2v) is 4.08. The number of hydrogen-bond acceptors (Lipinski definition) is 5. The van der Waals surface area contributed by atoms with Crippen LogP contribution in [0.25, 0.3) is 0 Å². The Kier molecular flexibility index (Phi) is 4.37. The summed E-state index contributed by atoms with van der Waals surface area (Å²) in [4.78, 5) is 0. The quantitative estimate of drug-likeness (QED) is 0.916. The molecular formula is C15H15FO5. The Labute approximate surface area is 121 Å². The third-order valence-corrected chi connectivity index (χ3v) is 2.78. The van der Waals surface area contributed by atoms with Gasteiger partial charge in [0.15, 0.2) is 23.1 Å². The van der Waals surface area contributed by atoms with Crippen molar-refractivity contribution in [2.75, 3.05) is 21.3 Å². The zero-order chi connectivity index (χ0) is 15.4. The van der Waals surface area contributed by atoms with Crippen LogP contribution in [-0.4, -0.2) is 26.4 Å². The van der Waals surface area contributed by atoms with Gasteiger partial charge in [-0.15, -0.1) is 0 Å². The van der Waals surface area contributed by atoms with Gasteiger partial charge < -0.3 is 24.1 Å². The third-order valence-electron chi connectivity index (χ3n) is 2.78. The van der Waals surface area contributed by atoms with E-state index in [1.807, 2.05) is 0 Å². The van der Waals surface area contributed by atoms with E-state index in [4.69, 9.17) is 18.9 Å². The minimum atomic E-state index is -0.596. The van der Waals surface area contributed by atoms with Crippen LogP contribution in [0.1, 0.15) is 0 Å². The first kappa shape index (κ1) is 14.8. The fourth-order valence-electron chi connectivity index (χ4n) is 1.81. The Balaban J connectivity index is 2.42. The van der Waals surface area contributed by atoms with E-state index in [1.165, 1.54) is 45.6 Å². The van der Waals surface area contributed by atoms with Crippen molar-refractivity contribution in [2.45, 2.75) is 0 Å². The summed E-state index contributed by atoms with van der Waals surface area (Å²) in [6, 6.07) is 6.59. The second-order valence-electron chi connectivity index (χ2n) is 4.08. The van der Waals surface area contributed by atoms with Crippen LogP contribution >= 0.6 is 0 Å². The summed E-state index contributed by atoms with van der Waals surface area (Å²) in [6.45, 7) is 0. The molecule has 0 amide bonds.